The summed E-state index contributed by atoms with van der Waals surface area (Å²) in [5.41, 5.74) is 2.20. The Morgan fingerprint density at radius 1 is 0.880 bits per heavy atom. The highest BCUT2D eigenvalue weighted by atomic mass is 79.9. The van der Waals surface area contributed by atoms with E-state index in [-0.39, 0.29) is 5.56 Å². The molecule has 2 nitrogen and oxygen atoms in total. The van der Waals surface area contributed by atoms with Crippen LogP contribution in [0.25, 0.3) is 11.1 Å². The number of rotatable bonds is 3. The summed E-state index contributed by atoms with van der Waals surface area (Å²) in [5, 5.41) is 0. The molecule has 25 heavy (non-hydrogen) atoms. The van der Waals surface area contributed by atoms with Crippen LogP contribution in [0, 0.1) is 11.6 Å². The van der Waals surface area contributed by atoms with Crippen LogP contribution in [-0.4, -0.2) is 14.7 Å². The van der Waals surface area contributed by atoms with Gasteiger partial charge in [0, 0.05) is 20.8 Å². The van der Waals surface area contributed by atoms with E-state index in [1.54, 1.807) is 6.08 Å². The summed E-state index contributed by atoms with van der Waals surface area (Å²) in [4.78, 5) is -0.636. The van der Waals surface area contributed by atoms with E-state index in [2.05, 4.69) is 31.9 Å². The number of hydrogen-bond acceptors (Lipinski definition) is 2. The fourth-order valence-corrected chi connectivity index (χ4v) is 4.80. The van der Waals surface area contributed by atoms with E-state index >= 15 is 0 Å². The van der Waals surface area contributed by atoms with Crippen LogP contribution < -0.4 is 0 Å². The van der Waals surface area contributed by atoms with Crippen LogP contribution in [0.4, 0.5) is 8.78 Å². The van der Waals surface area contributed by atoms with Gasteiger partial charge in [-0.25, -0.2) is 17.2 Å². The molecule has 0 unspecified atom stereocenters. The van der Waals surface area contributed by atoms with Crippen LogP contribution in [0.1, 0.15) is 17.5 Å². The summed E-state index contributed by atoms with van der Waals surface area (Å²) < 4.78 is 53.6. The number of benzene rings is 2. The molecule has 3 rings (SSSR count). The van der Waals surface area contributed by atoms with Gasteiger partial charge in [-0.2, -0.15) is 0 Å². The van der Waals surface area contributed by atoms with E-state index in [4.69, 9.17) is 0 Å². The second-order valence-corrected chi connectivity index (χ2v) is 9.48. The van der Waals surface area contributed by atoms with Crippen molar-refractivity contribution in [3.05, 3.63) is 74.2 Å². The van der Waals surface area contributed by atoms with E-state index < -0.39 is 26.4 Å². The van der Waals surface area contributed by atoms with Crippen LogP contribution in [0.15, 0.2) is 56.3 Å². The summed E-state index contributed by atoms with van der Waals surface area (Å²) in [6.45, 7) is 0. The minimum Gasteiger partial charge on any atom is -0.224 e. The van der Waals surface area contributed by atoms with Crippen molar-refractivity contribution in [1.29, 1.82) is 0 Å². The van der Waals surface area contributed by atoms with Gasteiger partial charge < -0.3 is 0 Å². The van der Waals surface area contributed by atoms with E-state index in [1.165, 1.54) is 0 Å². The molecule has 7 heteroatoms. The minimum atomic E-state index is -3.83. The highest BCUT2D eigenvalue weighted by Crippen LogP contribution is 2.39. The van der Waals surface area contributed by atoms with Crippen molar-refractivity contribution in [3.63, 3.8) is 0 Å². The Morgan fingerprint density at radius 3 is 2.08 bits per heavy atom. The number of allylic oxidation sites excluding steroid dienone is 4. The lowest BCUT2D eigenvalue weighted by Gasteiger charge is -2.13. The highest BCUT2D eigenvalue weighted by molar-refractivity contribution is 9.11. The third kappa shape index (κ3) is 3.78. The summed E-state index contributed by atoms with van der Waals surface area (Å²) in [6, 6.07) is 7.34. The van der Waals surface area contributed by atoms with E-state index in [0.717, 1.165) is 38.5 Å². The number of halogens is 4. The summed E-state index contributed by atoms with van der Waals surface area (Å²) >= 11 is 6.83. The SMILES string of the molecule is CS(=O)(=O)c1cc(F)c(C2=CCC=C2c2cc(Br)cc(Br)c2)cc1F. The first-order chi connectivity index (χ1) is 11.7. The molecule has 0 heterocycles. The maximum absolute atomic E-state index is 14.5. The van der Waals surface area contributed by atoms with Crippen LogP contribution >= 0.6 is 31.9 Å². The molecule has 0 spiro atoms. The topological polar surface area (TPSA) is 34.1 Å². The van der Waals surface area contributed by atoms with Crippen LogP contribution in [-0.2, 0) is 9.84 Å². The average Bonchev–Trinajstić information content (AvgIpc) is 2.96. The molecular formula is C18H12Br2F2O2S. The molecule has 0 N–H and O–H groups in total. The summed E-state index contributed by atoms with van der Waals surface area (Å²) in [6.07, 6.45) is 5.15. The fourth-order valence-electron chi connectivity index (χ4n) is 2.77. The van der Waals surface area contributed by atoms with E-state index in [0.29, 0.717) is 12.0 Å². The van der Waals surface area contributed by atoms with E-state index in [1.807, 2.05) is 24.3 Å². The monoisotopic (exact) mass is 488 g/mol. The Bertz CT molecular complexity index is 1020. The minimum absolute atomic E-state index is 0.0461. The van der Waals surface area contributed by atoms with Crippen molar-refractivity contribution in [2.24, 2.45) is 0 Å². The lowest BCUT2D eigenvalue weighted by atomic mass is 9.94. The first kappa shape index (κ1) is 18.5. The Labute approximate surface area is 161 Å². The van der Waals surface area contributed by atoms with Gasteiger partial charge in [-0.3, -0.25) is 0 Å². The molecule has 0 atom stereocenters. The molecule has 0 aliphatic heterocycles. The molecule has 0 radical (unpaired) electrons. The first-order valence-corrected chi connectivity index (χ1v) is 10.7. The molecule has 1 aliphatic carbocycles. The van der Waals surface area contributed by atoms with Gasteiger partial charge in [0.15, 0.2) is 9.84 Å². The maximum Gasteiger partial charge on any atom is 0.178 e. The van der Waals surface area contributed by atoms with Crippen LogP contribution in [0.2, 0.25) is 0 Å². The predicted octanol–water partition coefficient (Wildman–Crippen LogP) is 5.76. The van der Waals surface area contributed by atoms with Gasteiger partial charge in [-0.05, 0) is 53.5 Å². The molecule has 0 aromatic heterocycles. The summed E-state index contributed by atoms with van der Waals surface area (Å²) in [7, 11) is -3.83. The highest BCUT2D eigenvalue weighted by Gasteiger charge is 2.23. The van der Waals surface area contributed by atoms with Crippen molar-refractivity contribution >= 4 is 52.8 Å². The summed E-state index contributed by atoms with van der Waals surface area (Å²) in [5.74, 6) is -1.73. The first-order valence-electron chi connectivity index (χ1n) is 7.23. The van der Waals surface area contributed by atoms with Gasteiger partial charge in [0.1, 0.15) is 16.5 Å². The average molecular weight is 490 g/mol. The van der Waals surface area contributed by atoms with Gasteiger partial charge in [-0.15, -0.1) is 0 Å². The molecule has 0 fully saturated rings. The number of hydrogen-bond donors (Lipinski definition) is 0. The second-order valence-electron chi connectivity index (χ2n) is 5.66. The van der Waals surface area contributed by atoms with Crippen molar-refractivity contribution < 1.29 is 17.2 Å². The van der Waals surface area contributed by atoms with Gasteiger partial charge in [-0.1, -0.05) is 44.0 Å². The van der Waals surface area contributed by atoms with Crippen LogP contribution in [0.3, 0.4) is 0 Å². The van der Waals surface area contributed by atoms with Gasteiger partial charge in [0.05, 0.1) is 0 Å². The van der Waals surface area contributed by atoms with Crippen molar-refractivity contribution in [2.75, 3.05) is 6.26 Å². The lowest BCUT2D eigenvalue weighted by molar-refractivity contribution is 0.554. The van der Waals surface area contributed by atoms with Crippen LogP contribution in [0.5, 0.6) is 0 Å². The Hall–Kier alpha value is -1.31. The molecule has 0 saturated heterocycles. The van der Waals surface area contributed by atoms with Crippen molar-refractivity contribution in [3.8, 4) is 0 Å². The normalized spacial score (nSPS) is 14.4. The smallest absolute Gasteiger partial charge is 0.178 e. The van der Waals surface area contributed by atoms with Gasteiger partial charge in [0.25, 0.3) is 0 Å². The molecule has 130 valence electrons. The molecule has 0 saturated carbocycles. The van der Waals surface area contributed by atoms with Gasteiger partial charge >= 0.3 is 0 Å². The second kappa shape index (κ2) is 6.78. The zero-order chi connectivity index (χ0) is 18.4. The molecule has 1 aliphatic rings. The lowest BCUT2D eigenvalue weighted by Crippen LogP contribution is -2.04. The molecule has 0 amide bonds. The molecular weight excluding hydrogens is 478 g/mol. The Kier molecular flexibility index (Phi) is 5.01. The quantitative estimate of drug-likeness (QED) is 0.548. The van der Waals surface area contributed by atoms with Crippen molar-refractivity contribution in [2.45, 2.75) is 11.3 Å². The predicted molar refractivity (Wildman–Crippen MR) is 102 cm³/mol. The molecule has 0 bridgehead atoms. The Balaban J connectivity index is 2.11. The third-order valence-electron chi connectivity index (χ3n) is 3.82. The maximum atomic E-state index is 14.5. The number of sulfone groups is 1. The largest absolute Gasteiger partial charge is 0.224 e. The fraction of sp³-hybridized carbons (Fsp3) is 0.111. The van der Waals surface area contributed by atoms with E-state index in [9.17, 15) is 17.2 Å². The zero-order valence-corrected chi connectivity index (χ0v) is 17.0. The third-order valence-corrected chi connectivity index (χ3v) is 5.85. The Morgan fingerprint density at radius 2 is 1.48 bits per heavy atom. The standard InChI is InChI=1S/C18H12Br2F2O2S/c1-25(23,24)18-9-16(21)15(8-17(18)22)14-4-2-3-13(14)10-5-11(19)7-12(20)6-10/h3-9H,2H2,1H3. The molecule has 2 aromatic carbocycles. The van der Waals surface area contributed by atoms with Crippen molar-refractivity contribution in [1.82, 2.24) is 0 Å². The molecule has 2 aromatic rings. The zero-order valence-electron chi connectivity index (χ0n) is 13.0. The van der Waals surface area contributed by atoms with Gasteiger partial charge in [0.2, 0.25) is 0 Å².